The minimum absolute atomic E-state index is 0.375. The summed E-state index contributed by atoms with van der Waals surface area (Å²) in [5.74, 6) is -6.00. The zero-order valence-electron chi connectivity index (χ0n) is 9.11. The molecule has 0 bridgehead atoms. The van der Waals surface area contributed by atoms with Gasteiger partial charge < -0.3 is 15.3 Å². The van der Waals surface area contributed by atoms with Gasteiger partial charge in [0.1, 0.15) is 6.16 Å². The summed E-state index contributed by atoms with van der Waals surface area (Å²) in [6.45, 7) is 0. The summed E-state index contributed by atoms with van der Waals surface area (Å²) >= 11 is 0. The van der Waals surface area contributed by atoms with Crippen LogP contribution in [0.5, 0.6) is 0 Å². The van der Waals surface area contributed by atoms with E-state index in [0.29, 0.717) is 0 Å². The van der Waals surface area contributed by atoms with E-state index in [9.17, 15) is 24.2 Å². The largest absolute Gasteiger partial charge is 0.481 e. The van der Waals surface area contributed by atoms with Crippen LogP contribution in [0.1, 0.15) is 12.8 Å². The minimum atomic E-state index is -4.35. The van der Waals surface area contributed by atoms with Crippen molar-refractivity contribution < 1.29 is 39.5 Å². The molecule has 0 radical (unpaired) electrons. The van der Waals surface area contributed by atoms with E-state index in [0.717, 1.165) is 0 Å². The number of carboxylic acids is 3. The summed E-state index contributed by atoms with van der Waals surface area (Å²) < 4.78 is 0. The second-order valence-electron chi connectivity index (χ2n) is 3.53. The molecule has 6 N–H and O–H groups in total. The van der Waals surface area contributed by atoms with E-state index in [4.69, 9.17) is 20.7 Å². The molecule has 0 aliphatic heterocycles. The third kappa shape index (κ3) is 5.17. The van der Waals surface area contributed by atoms with Crippen molar-refractivity contribution in [3.05, 3.63) is 0 Å². The van der Waals surface area contributed by atoms with Gasteiger partial charge in [0.25, 0.3) is 0 Å². The van der Waals surface area contributed by atoms with Crippen molar-refractivity contribution in [3.8, 4) is 0 Å². The maximum atomic E-state index is 10.8. The molecule has 0 aliphatic carbocycles. The molecule has 0 unspecified atom stereocenters. The van der Waals surface area contributed by atoms with Gasteiger partial charge in [0.2, 0.25) is 0 Å². The summed E-state index contributed by atoms with van der Waals surface area (Å²) in [6.07, 6.45) is -1.74. The molecule has 0 aromatic heterocycles. The van der Waals surface area contributed by atoms with Gasteiger partial charge in [0.15, 0.2) is 0 Å². The predicted molar refractivity (Wildman–Crippen MR) is 59.6 cm³/mol. The summed E-state index contributed by atoms with van der Waals surface area (Å²) in [6, 6.07) is 0. The monoisotopic (exact) mass is 282 g/mol. The molecule has 0 aromatic carbocycles. The Morgan fingerprint density at radius 1 is 1.11 bits per heavy atom. The zero-order chi connectivity index (χ0) is 14.5. The highest BCUT2D eigenvalue weighted by molar-refractivity contribution is 7.84. The van der Waals surface area contributed by atoms with Crippen LogP contribution in [0, 0.1) is 11.3 Å². The molecule has 10 heteroatoms. The van der Waals surface area contributed by atoms with E-state index >= 15 is 0 Å². The molecule has 18 heavy (non-hydrogen) atoms. The Bertz CT molecular complexity index is 379. The van der Waals surface area contributed by atoms with Crippen molar-refractivity contribution >= 4 is 31.1 Å². The molecule has 0 amide bonds. The summed E-state index contributed by atoms with van der Waals surface area (Å²) in [7, 11) is -4.35. The van der Waals surface area contributed by atoms with Crippen LogP contribution in [-0.2, 0) is 14.4 Å². The van der Waals surface area contributed by atoms with E-state index < -0.39 is 49.6 Å². The number of hydrogen-bond acceptors (Lipinski definition) is 6. The van der Waals surface area contributed by atoms with Crippen LogP contribution in [0.25, 0.3) is 0 Å². The molecule has 0 rings (SSSR count). The molecular weight excluding hydrogens is 269 g/mol. The Morgan fingerprint density at radius 3 is 1.94 bits per heavy atom. The lowest BCUT2D eigenvalue weighted by atomic mass is 10.1. The molecule has 0 saturated heterocycles. The normalized spacial score (nSPS) is 12.8. The van der Waals surface area contributed by atoms with E-state index in [1.807, 2.05) is 0 Å². The van der Waals surface area contributed by atoms with Gasteiger partial charge in [0, 0.05) is 6.42 Å². The molecule has 0 spiro atoms. The van der Waals surface area contributed by atoms with Crippen LogP contribution in [0.4, 0.5) is 0 Å². The molecule has 1 atom stereocenters. The van der Waals surface area contributed by atoms with Gasteiger partial charge in [-0.05, 0) is 6.42 Å². The molecule has 0 aliphatic rings. The second kappa shape index (κ2) is 6.39. The Balaban J connectivity index is 4.76. The first-order chi connectivity index (χ1) is 8.08. The standard InChI is InChI=1S/C8H12NO8P/c9-6(8(14)15)18(16,17)3-4(7(12)13)1-2-5(10)11/h4,9,16-17H,1-3H2,(H2-,10,11,12,13,14,15)/p+1/t4-/m1/s1. The summed E-state index contributed by atoms with van der Waals surface area (Å²) in [5, 5.41) is 32.5. The number of carboxylic acid groups (broad SMARTS) is 3. The third-order valence-corrected chi connectivity index (χ3v) is 3.95. The first-order valence-corrected chi connectivity index (χ1v) is 6.56. The van der Waals surface area contributed by atoms with Gasteiger partial charge in [-0.2, -0.15) is 0 Å². The number of hydrogen-bond donors (Lipinski definition) is 6. The first-order valence-electron chi connectivity index (χ1n) is 4.68. The highest BCUT2D eigenvalue weighted by Crippen LogP contribution is 2.53. The minimum Gasteiger partial charge on any atom is -0.481 e. The molecule has 0 aromatic rings. The maximum absolute atomic E-state index is 10.8. The average molecular weight is 282 g/mol. The highest BCUT2D eigenvalue weighted by Gasteiger charge is 2.48. The lowest BCUT2D eigenvalue weighted by molar-refractivity contribution is -0.142. The van der Waals surface area contributed by atoms with Gasteiger partial charge in [-0.15, -0.1) is 0 Å². The van der Waals surface area contributed by atoms with E-state index in [1.165, 1.54) is 0 Å². The van der Waals surface area contributed by atoms with Crippen molar-refractivity contribution in [2.45, 2.75) is 12.8 Å². The quantitative estimate of drug-likeness (QED) is 0.253. The van der Waals surface area contributed by atoms with Crippen molar-refractivity contribution in [1.29, 1.82) is 5.41 Å². The van der Waals surface area contributed by atoms with E-state index in [2.05, 4.69) is 0 Å². The fourth-order valence-corrected chi connectivity index (χ4v) is 2.58. The maximum Gasteiger partial charge on any atom is 0.396 e. The summed E-state index contributed by atoms with van der Waals surface area (Å²) in [5.41, 5.74) is -1.36. The van der Waals surface area contributed by atoms with Gasteiger partial charge in [0.05, 0.1) is 5.92 Å². The number of aliphatic carboxylic acids is 3. The summed E-state index contributed by atoms with van der Waals surface area (Å²) in [4.78, 5) is 50.2. The first kappa shape index (κ1) is 16.4. The third-order valence-electron chi connectivity index (χ3n) is 2.09. The molecule has 0 heterocycles. The van der Waals surface area contributed by atoms with Crippen molar-refractivity contribution in [3.63, 3.8) is 0 Å². The van der Waals surface area contributed by atoms with Crippen LogP contribution in [0.2, 0.25) is 0 Å². The van der Waals surface area contributed by atoms with Gasteiger partial charge >= 0.3 is 31.1 Å². The smallest absolute Gasteiger partial charge is 0.396 e. The zero-order valence-corrected chi connectivity index (χ0v) is 10.0. The second-order valence-corrected chi connectivity index (χ2v) is 5.81. The van der Waals surface area contributed by atoms with Crippen LogP contribution in [-0.4, -0.2) is 54.6 Å². The van der Waals surface area contributed by atoms with Crippen LogP contribution in [0.15, 0.2) is 0 Å². The van der Waals surface area contributed by atoms with Crippen molar-refractivity contribution in [2.75, 3.05) is 6.16 Å². The lowest BCUT2D eigenvalue weighted by Crippen LogP contribution is -2.26. The fraction of sp³-hybridized carbons (Fsp3) is 0.500. The number of carbonyl (C=O) groups is 3. The molecule has 0 saturated carbocycles. The SMILES string of the molecule is N=C(C(=O)O)[P+](O)(O)C[C@@H](CCC(=O)O)C(=O)O. The molecular formula is C8H13NO8P+. The Kier molecular flexibility index (Phi) is 5.83. The predicted octanol–water partition coefficient (Wildman–Crippen LogP) is -0.554. The van der Waals surface area contributed by atoms with E-state index in [1.54, 1.807) is 0 Å². The molecule has 102 valence electrons. The number of nitrogens with one attached hydrogen (secondary N) is 1. The Morgan fingerprint density at radius 2 is 1.61 bits per heavy atom. The van der Waals surface area contributed by atoms with Gasteiger partial charge in [-0.1, -0.05) is 0 Å². The van der Waals surface area contributed by atoms with Crippen LogP contribution < -0.4 is 0 Å². The van der Waals surface area contributed by atoms with Crippen LogP contribution >= 0.6 is 7.72 Å². The lowest BCUT2D eigenvalue weighted by Gasteiger charge is -2.15. The molecule has 9 nitrogen and oxygen atoms in total. The van der Waals surface area contributed by atoms with Crippen molar-refractivity contribution in [1.82, 2.24) is 0 Å². The Labute approximate surface area is 102 Å². The Hall–Kier alpha value is -1.57. The topological polar surface area (TPSA) is 176 Å². The average Bonchev–Trinajstić information content (AvgIpc) is 2.22. The fourth-order valence-electron chi connectivity index (χ4n) is 1.14. The number of rotatable bonds is 8. The van der Waals surface area contributed by atoms with Crippen molar-refractivity contribution in [2.24, 2.45) is 5.92 Å². The molecule has 0 fully saturated rings. The van der Waals surface area contributed by atoms with Crippen LogP contribution in [0.3, 0.4) is 0 Å². The van der Waals surface area contributed by atoms with E-state index in [-0.39, 0.29) is 6.42 Å². The van der Waals surface area contributed by atoms with Gasteiger partial charge in [-0.25, -0.2) is 14.6 Å². The highest BCUT2D eigenvalue weighted by atomic mass is 31.2. The van der Waals surface area contributed by atoms with Gasteiger partial charge in [-0.3, -0.25) is 15.0 Å².